The van der Waals surface area contributed by atoms with E-state index in [1.165, 1.54) is 28.3 Å². The molecule has 5 heterocycles. The molecular formula is C34H29ClF2N6O4S. The lowest BCUT2D eigenvalue weighted by molar-refractivity contribution is 0.0699. The minimum Gasteiger partial charge on any atom is -0.491 e. The molecule has 5 aromatic rings. The second kappa shape index (κ2) is 13.8. The van der Waals surface area contributed by atoms with Gasteiger partial charge in [-0.15, -0.1) is 11.3 Å². The van der Waals surface area contributed by atoms with Gasteiger partial charge in [-0.2, -0.15) is 5.26 Å². The summed E-state index contributed by atoms with van der Waals surface area (Å²) in [4.78, 5) is 40.7. The predicted molar refractivity (Wildman–Crippen MR) is 180 cm³/mol. The average molecular weight is 691 g/mol. The Labute approximate surface area is 282 Å². The van der Waals surface area contributed by atoms with Crippen molar-refractivity contribution in [1.82, 2.24) is 24.4 Å². The molecule has 0 spiro atoms. The van der Waals surface area contributed by atoms with Crippen LogP contribution in [0.15, 0.2) is 52.4 Å². The molecule has 1 N–H and O–H groups in total. The zero-order chi connectivity index (χ0) is 34.1. The summed E-state index contributed by atoms with van der Waals surface area (Å²) in [5, 5.41) is 22.0. The van der Waals surface area contributed by atoms with Gasteiger partial charge in [0.1, 0.15) is 24.3 Å². The highest BCUT2D eigenvalue weighted by Crippen LogP contribution is 2.39. The van der Waals surface area contributed by atoms with Crippen LogP contribution in [0.4, 0.5) is 8.78 Å². The number of rotatable bonds is 9. The van der Waals surface area contributed by atoms with E-state index in [-0.39, 0.29) is 36.2 Å². The van der Waals surface area contributed by atoms with Gasteiger partial charge in [-0.25, -0.2) is 18.6 Å². The number of halogens is 3. The van der Waals surface area contributed by atoms with Gasteiger partial charge in [0.15, 0.2) is 0 Å². The van der Waals surface area contributed by atoms with Crippen LogP contribution in [0.1, 0.15) is 47.2 Å². The van der Waals surface area contributed by atoms with Crippen LogP contribution in [-0.2, 0) is 6.54 Å². The number of fused-ring (bicyclic) bond motifs is 2. The summed E-state index contributed by atoms with van der Waals surface area (Å²) in [6, 6.07) is 9.06. The molecule has 1 aliphatic heterocycles. The molecule has 1 aromatic carbocycles. The molecule has 246 valence electrons. The molecular weight excluding hydrogens is 662 g/mol. The highest BCUT2D eigenvalue weighted by atomic mass is 35.5. The van der Waals surface area contributed by atoms with Gasteiger partial charge < -0.3 is 9.84 Å². The number of carbonyl (C=O) groups is 1. The summed E-state index contributed by atoms with van der Waals surface area (Å²) in [5.74, 6) is -0.175. The Morgan fingerprint density at radius 3 is 2.69 bits per heavy atom. The van der Waals surface area contributed by atoms with Gasteiger partial charge in [-0.1, -0.05) is 17.2 Å². The van der Waals surface area contributed by atoms with E-state index in [9.17, 15) is 28.7 Å². The SMILES string of the molecule is CC(=C1CCN(CC(F)F)CC1)c1ncc2nc(C)n(CCOc3ccc(Cl)cc3-c3ccnc4c(C(=O)O)csc34)c(=O)c2c1C#N. The molecule has 0 radical (unpaired) electrons. The van der Waals surface area contributed by atoms with E-state index >= 15 is 0 Å². The lowest BCUT2D eigenvalue weighted by atomic mass is 9.94. The van der Waals surface area contributed by atoms with E-state index in [4.69, 9.17) is 16.3 Å². The number of hydrogen-bond acceptors (Lipinski definition) is 9. The molecule has 0 aliphatic carbocycles. The van der Waals surface area contributed by atoms with E-state index in [0.717, 1.165) is 11.1 Å². The van der Waals surface area contributed by atoms with Crippen molar-refractivity contribution < 1.29 is 23.4 Å². The normalized spacial score (nSPS) is 13.7. The Hall–Kier alpha value is -4.77. The molecule has 0 bridgehead atoms. The number of nitrogens with zero attached hydrogens (tertiary/aromatic N) is 6. The number of hydrogen-bond donors (Lipinski definition) is 1. The number of benzene rings is 1. The smallest absolute Gasteiger partial charge is 0.338 e. The summed E-state index contributed by atoms with van der Waals surface area (Å²) in [6.07, 6.45) is 1.78. The lowest BCUT2D eigenvalue weighted by Gasteiger charge is -2.29. The van der Waals surface area contributed by atoms with E-state index in [0.29, 0.717) is 75.1 Å². The maximum absolute atomic E-state index is 13.9. The number of thiophene rings is 1. The van der Waals surface area contributed by atoms with Gasteiger partial charge in [0.25, 0.3) is 12.0 Å². The van der Waals surface area contributed by atoms with Gasteiger partial charge in [-0.3, -0.25) is 24.2 Å². The third-order valence-electron chi connectivity index (χ3n) is 8.53. The van der Waals surface area contributed by atoms with Crippen LogP contribution in [-0.4, -0.2) is 68.2 Å². The van der Waals surface area contributed by atoms with Crippen molar-refractivity contribution in [3.63, 3.8) is 0 Å². The zero-order valence-corrected chi connectivity index (χ0v) is 27.5. The largest absolute Gasteiger partial charge is 0.491 e. The summed E-state index contributed by atoms with van der Waals surface area (Å²) in [7, 11) is 0. The first-order valence-electron chi connectivity index (χ1n) is 15.1. The molecule has 4 aromatic heterocycles. The third-order valence-corrected chi connectivity index (χ3v) is 9.77. The Morgan fingerprint density at radius 2 is 1.98 bits per heavy atom. The minimum absolute atomic E-state index is 0.0691. The molecule has 0 amide bonds. The fourth-order valence-electron chi connectivity index (χ4n) is 6.10. The summed E-state index contributed by atoms with van der Waals surface area (Å²) in [6.45, 7) is 4.43. The molecule has 48 heavy (non-hydrogen) atoms. The van der Waals surface area contributed by atoms with Crippen LogP contribution in [0.2, 0.25) is 5.02 Å². The van der Waals surface area contributed by atoms with Gasteiger partial charge >= 0.3 is 5.97 Å². The monoisotopic (exact) mass is 690 g/mol. The number of nitriles is 1. The number of alkyl halides is 2. The number of piperidine rings is 1. The van der Waals surface area contributed by atoms with E-state index in [2.05, 4.69) is 21.0 Å². The van der Waals surface area contributed by atoms with Crippen molar-refractivity contribution in [2.45, 2.75) is 39.7 Å². The lowest BCUT2D eigenvalue weighted by Crippen LogP contribution is -2.34. The molecule has 0 saturated carbocycles. The second-order valence-electron chi connectivity index (χ2n) is 11.4. The van der Waals surface area contributed by atoms with Crippen LogP contribution >= 0.6 is 22.9 Å². The Bertz CT molecular complexity index is 2200. The number of allylic oxidation sites excluding steroid dienone is 1. The summed E-state index contributed by atoms with van der Waals surface area (Å²) in [5.41, 5.74) is 4.02. The number of carboxylic acid groups (broad SMARTS) is 1. The van der Waals surface area contributed by atoms with Crippen molar-refractivity contribution in [3.8, 4) is 22.9 Å². The number of aromatic carboxylic acids is 1. The van der Waals surface area contributed by atoms with Crippen LogP contribution in [0.25, 0.3) is 37.8 Å². The van der Waals surface area contributed by atoms with Crippen molar-refractivity contribution in [2.24, 2.45) is 0 Å². The molecule has 6 rings (SSSR count). The first-order valence-corrected chi connectivity index (χ1v) is 16.3. The zero-order valence-electron chi connectivity index (χ0n) is 26.0. The minimum atomic E-state index is -2.39. The molecule has 14 heteroatoms. The molecule has 1 fully saturated rings. The van der Waals surface area contributed by atoms with E-state index < -0.39 is 18.0 Å². The third kappa shape index (κ3) is 6.38. The van der Waals surface area contributed by atoms with Gasteiger partial charge in [0.05, 0.1) is 57.2 Å². The average Bonchev–Trinajstić information content (AvgIpc) is 3.51. The van der Waals surface area contributed by atoms with E-state index in [1.54, 1.807) is 41.5 Å². The van der Waals surface area contributed by atoms with Crippen molar-refractivity contribution >= 4 is 55.6 Å². The first-order chi connectivity index (χ1) is 23.1. The number of ether oxygens (including phenoxy) is 1. The Balaban J connectivity index is 1.30. The Kier molecular flexibility index (Phi) is 9.50. The van der Waals surface area contributed by atoms with Gasteiger partial charge in [-0.05, 0) is 56.5 Å². The second-order valence-corrected chi connectivity index (χ2v) is 12.7. The molecule has 1 saturated heterocycles. The highest BCUT2D eigenvalue weighted by Gasteiger charge is 2.23. The van der Waals surface area contributed by atoms with Crippen LogP contribution in [0, 0.1) is 18.3 Å². The van der Waals surface area contributed by atoms with Crippen LogP contribution in [0.5, 0.6) is 5.75 Å². The quantitative estimate of drug-likeness (QED) is 0.177. The number of pyridine rings is 2. The summed E-state index contributed by atoms with van der Waals surface area (Å²) < 4.78 is 34.0. The number of aromatic nitrogens is 4. The maximum atomic E-state index is 13.9. The van der Waals surface area contributed by atoms with Crippen molar-refractivity contribution in [2.75, 3.05) is 26.2 Å². The predicted octanol–water partition coefficient (Wildman–Crippen LogP) is 6.81. The molecule has 0 unspecified atom stereocenters. The van der Waals surface area contributed by atoms with Crippen LogP contribution in [0.3, 0.4) is 0 Å². The topological polar surface area (TPSA) is 134 Å². The van der Waals surface area contributed by atoms with E-state index in [1.807, 2.05) is 6.92 Å². The van der Waals surface area contributed by atoms with Crippen molar-refractivity contribution in [3.05, 3.63) is 85.6 Å². The molecule has 1 aliphatic rings. The summed E-state index contributed by atoms with van der Waals surface area (Å²) >= 11 is 7.62. The van der Waals surface area contributed by atoms with Gasteiger partial charge in [0, 0.05) is 40.8 Å². The fraction of sp³-hybridized carbons (Fsp3) is 0.294. The maximum Gasteiger partial charge on any atom is 0.338 e. The standard InChI is InChI=1S/C34H29ClF2N6O4S/c1-18(20-6-9-42(10-7-20)16-28(36)37)30-24(14-38)29-26(15-40-30)41-19(2)43(33(29)44)11-12-47-27-4-3-21(35)13-23(27)22-5-8-39-31-25(34(45)46)17-48-32(22)31/h3-5,8,13,15,17,28H,6-7,9-12,16H2,1-2H3,(H,45,46). The van der Waals surface area contributed by atoms with Crippen molar-refractivity contribution in [1.29, 1.82) is 5.26 Å². The molecule has 10 nitrogen and oxygen atoms in total. The number of aryl methyl sites for hydroxylation is 1. The van der Waals surface area contributed by atoms with Crippen LogP contribution < -0.4 is 10.3 Å². The fourth-order valence-corrected chi connectivity index (χ4v) is 7.30. The first kappa shape index (κ1) is 33.1. The number of likely N-dealkylation sites (tertiary alicyclic amines) is 1. The number of carboxylic acids is 1. The highest BCUT2D eigenvalue weighted by molar-refractivity contribution is 7.18. The molecule has 0 atom stereocenters. The van der Waals surface area contributed by atoms with Gasteiger partial charge in [0.2, 0.25) is 0 Å². The Morgan fingerprint density at radius 1 is 1.21 bits per heavy atom.